The molecule has 0 amide bonds. The molecular weight excluding hydrogens is 164 g/mol. The first-order chi connectivity index (χ1) is 5.36. The van der Waals surface area contributed by atoms with Gasteiger partial charge in [-0.3, -0.25) is 0 Å². The Labute approximate surface area is 78.6 Å². The molecule has 2 aromatic rings. The molecular formula is C11H12S. The predicted octanol–water partition coefficient (Wildman–Crippen LogP) is 3.76. The van der Waals surface area contributed by atoms with Gasteiger partial charge < -0.3 is 0 Å². The summed E-state index contributed by atoms with van der Waals surface area (Å²) in [7, 11) is 0. The standard InChI is InChI=1S/C10H8S.CH4/c11-10-6-5-8-3-1-2-4-9(8)7-10;/h1-7,11H;1H4. The van der Waals surface area contributed by atoms with E-state index >= 15 is 0 Å². The first-order valence-corrected chi connectivity index (χ1v) is 3.99. The zero-order valence-corrected chi connectivity index (χ0v) is 6.88. The van der Waals surface area contributed by atoms with E-state index in [0.29, 0.717) is 0 Å². The fourth-order valence-electron chi connectivity index (χ4n) is 1.18. The van der Waals surface area contributed by atoms with Crippen molar-refractivity contribution in [3.05, 3.63) is 42.5 Å². The van der Waals surface area contributed by atoms with Crippen molar-refractivity contribution in [3.8, 4) is 0 Å². The highest BCUT2D eigenvalue weighted by atomic mass is 32.1. The number of rotatable bonds is 0. The molecule has 0 fully saturated rings. The summed E-state index contributed by atoms with van der Waals surface area (Å²) in [6.07, 6.45) is 0. The van der Waals surface area contributed by atoms with Crippen LogP contribution >= 0.6 is 12.6 Å². The lowest BCUT2D eigenvalue weighted by atomic mass is 10.1. The zero-order chi connectivity index (χ0) is 7.68. The molecule has 0 radical (unpaired) electrons. The van der Waals surface area contributed by atoms with Gasteiger partial charge in [0.1, 0.15) is 0 Å². The molecule has 62 valence electrons. The highest BCUT2D eigenvalue weighted by Crippen LogP contribution is 2.17. The van der Waals surface area contributed by atoms with Crippen LogP contribution in [0.4, 0.5) is 0 Å². The van der Waals surface area contributed by atoms with E-state index in [2.05, 4.69) is 36.9 Å². The van der Waals surface area contributed by atoms with Crippen LogP contribution in [0.3, 0.4) is 0 Å². The van der Waals surface area contributed by atoms with Crippen LogP contribution in [0.15, 0.2) is 47.4 Å². The van der Waals surface area contributed by atoms with Gasteiger partial charge in [-0.1, -0.05) is 37.8 Å². The average molecular weight is 176 g/mol. The summed E-state index contributed by atoms with van der Waals surface area (Å²) in [5, 5.41) is 2.52. The van der Waals surface area contributed by atoms with Gasteiger partial charge in [0.2, 0.25) is 0 Å². The van der Waals surface area contributed by atoms with Gasteiger partial charge in [0.25, 0.3) is 0 Å². The third-order valence-electron chi connectivity index (χ3n) is 1.73. The summed E-state index contributed by atoms with van der Waals surface area (Å²) < 4.78 is 0. The number of thiol groups is 1. The molecule has 0 heterocycles. The Morgan fingerprint density at radius 3 is 2.25 bits per heavy atom. The Balaban J connectivity index is 0.000000720. The molecule has 0 saturated carbocycles. The molecule has 0 aliphatic rings. The van der Waals surface area contributed by atoms with Crippen LogP contribution in [0.25, 0.3) is 10.8 Å². The van der Waals surface area contributed by atoms with Gasteiger partial charge in [-0.2, -0.15) is 0 Å². The Kier molecular flexibility index (Phi) is 2.77. The molecule has 2 rings (SSSR count). The van der Waals surface area contributed by atoms with Crippen molar-refractivity contribution in [2.24, 2.45) is 0 Å². The third kappa shape index (κ3) is 1.62. The summed E-state index contributed by atoms with van der Waals surface area (Å²) in [4.78, 5) is 1.02. The lowest BCUT2D eigenvalue weighted by Gasteiger charge is -1.96. The van der Waals surface area contributed by atoms with Gasteiger partial charge >= 0.3 is 0 Å². The second-order valence-corrected chi connectivity index (χ2v) is 3.05. The van der Waals surface area contributed by atoms with Crippen LogP contribution in [0, 0.1) is 0 Å². The van der Waals surface area contributed by atoms with Crippen LogP contribution < -0.4 is 0 Å². The monoisotopic (exact) mass is 176 g/mol. The van der Waals surface area contributed by atoms with E-state index in [1.54, 1.807) is 0 Å². The van der Waals surface area contributed by atoms with Crippen molar-refractivity contribution in [1.29, 1.82) is 0 Å². The highest BCUT2D eigenvalue weighted by Gasteiger charge is 1.90. The van der Waals surface area contributed by atoms with E-state index in [9.17, 15) is 0 Å². The predicted molar refractivity (Wildman–Crippen MR) is 57.9 cm³/mol. The van der Waals surface area contributed by atoms with Crippen molar-refractivity contribution in [2.75, 3.05) is 0 Å². The molecule has 0 atom stereocenters. The van der Waals surface area contributed by atoms with E-state index in [1.165, 1.54) is 10.8 Å². The maximum absolute atomic E-state index is 4.26. The summed E-state index contributed by atoms with van der Waals surface area (Å²) in [5.74, 6) is 0. The Hall–Kier alpha value is -0.950. The molecule has 2 aromatic carbocycles. The molecule has 0 aliphatic carbocycles. The molecule has 0 spiro atoms. The van der Waals surface area contributed by atoms with E-state index in [0.717, 1.165) is 4.90 Å². The van der Waals surface area contributed by atoms with Crippen LogP contribution in [-0.2, 0) is 0 Å². The number of benzene rings is 2. The minimum Gasteiger partial charge on any atom is -0.143 e. The van der Waals surface area contributed by atoms with Gasteiger partial charge in [0.05, 0.1) is 0 Å². The second-order valence-electron chi connectivity index (χ2n) is 2.53. The Morgan fingerprint density at radius 2 is 1.50 bits per heavy atom. The Morgan fingerprint density at radius 1 is 0.833 bits per heavy atom. The summed E-state index contributed by atoms with van der Waals surface area (Å²) in [5.41, 5.74) is 0. The van der Waals surface area contributed by atoms with Crippen LogP contribution in [0.1, 0.15) is 7.43 Å². The second kappa shape index (κ2) is 3.63. The summed E-state index contributed by atoms with van der Waals surface area (Å²) >= 11 is 4.26. The number of fused-ring (bicyclic) bond motifs is 1. The van der Waals surface area contributed by atoms with Crippen LogP contribution in [0.2, 0.25) is 0 Å². The van der Waals surface area contributed by atoms with Crippen molar-refractivity contribution >= 4 is 23.4 Å². The SMILES string of the molecule is C.Sc1ccc2ccccc2c1. The van der Waals surface area contributed by atoms with E-state index < -0.39 is 0 Å². The minimum atomic E-state index is 0. The largest absolute Gasteiger partial charge is 0.143 e. The lowest BCUT2D eigenvalue weighted by molar-refractivity contribution is 1.53. The zero-order valence-electron chi connectivity index (χ0n) is 5.99. The molecule has 0 aliphatic heterocycles. The minimum absolute atomic E-state index is 0. The van der Waals surface area contributed by atoms with E-state index in [-0.39, 0.29) is 7.43 Å². The number of hydrogen-bond donors (Lipinski definition) is 1. The number of hydrogen-bond acceptors (Lipinski definition) is 1. The fraction of sp³-hybridized carbons (Fsp3) is 0.0909. The van der Waals surface area contributed by atoms with Crippen molar-refractivity contribution in [3.63, 3.8) is 0 Å². The van der Waals surface area contributed by atoms with Crippen LogP contribution in [-0.4, -0.2) is 0 Å². The molecule has 0 bridgehead atoms. The first-order valence-electron chi connectivity index (χ1n) is 3.54. The van der Waals surface area contributed by atoms with Gasteiger partial charge in [-0.25, -0.2) is 0 Å². The topological polar surface area (TPSA) is 0 Å². The molecule has 0 aromatic heterocycles. The van der Waals surface area contributed by atoms with E-state index in [4.69, 9.17) is 0 Å². The average Bonchev–Trinajstić information content (AvgIpc) is 2.04. The maximum atomic E-state index is 4.26. The van der Waals surface area contributed by atoms with Crippen molar-refractivity contribution in [1.82, 2.24) is 0 Å². The van der Waals surface area contributed by atoms with Crippen molar-refractivity contribution in [2.45, 2.75) is 12.3 Å². The van der Waals surface area contributed by atoms with Gasteiger partial charge in [0.15, 0.2) is 0 Å². The van der Waals surface area contributed by atoms with Crippen molar-refractivity contribution < 1.29 is 0 Å². The Bertz CT molecular complexity index is 379. The summed E-state index contributed by atoms with van der Waals surface area (Å²) in [6, 6.07) is 14.4. The summed E-state index contributed by atoms with van der Waals surface area (Å²) in [6.45, 7) is 0. The maximum Gasteiger partial charge on any atom is 0.00463 e. The smallest absolute Gasteiger partial charge is 0.00463 e. The highest BCUT2D eigenvalue weighted by molar-refractivity contribution is 7.80. The molecule has 12 heavy (non-hydrogen) atoms. The molecule has 0 saturated heterocycles. The quantitative estimate of drug-likeness (QED) is 0.580. The molecule has 1 heteroatoms. The third-order valence-corrected chi connectivity index (χ3v) is 2.01. The van der Waals surface area contributed by atoms with Gasteiger partial charge in [0, 0.05) is 4.90 Å². The van der Waals surface area contributed by atoms with E-state index in [1.807, 2.05) is 18.2 Å². The van der Waals surface area contributed by atoms with Crippen LogP contribution in [0.5, 0.6) is 0 Å². The normalized spacial score (nSPS) is 9.42. The fourth-order valence-corrected chi connectivity index (χ4v) is 1.39. The lowest BCUT2D eigenvalue weighted by Crippen LogP contribution is -1.70. The molecule has 0 nitrogen and oxygen atoms in total. The molecule has 0 unspecified atom stereocenters. The van der Waals surface area contributed by atoms with Gasteiger partial charge in [-0.15, -0.1) is 12.6 Å². The molecule has 0 N–H and O–H groups in total. The first kappa shape index (κ1) is 9.14. The van der Waals surface area contributed by atoms with Gasteiger partial charge in [-0.05, 0) is 22.9 Å².